The molecule has 1 saturated carbocycles. The molecule has 2 fully saturated rings. The molecule has 170 valence electrons. The molecule has 1 N–H and O–H groups in total. The molecule has 3 aliphatic rings. The Balaban J connectivity index is 1.69. The minimum atomic E-state index is -1.22. The van der Waals surface area contributed by atoms with E-state index >= 15 is 0 Å². The third-order valence-corrected chi connectivity index (χ3v) is 6.27. The number of aromatic carboxylic acids is 1. The lowest BCUT2D eigenvalue weighted by molar-refractivity contribution is -0.0511. The maximum absolute atomic E-state index is 13.2. The summed E-state index contributed by atoms with van der Waals surface area (Å²) in [7, 11) is 1.57. The van der Waals surface area contributed by atoms with Crippen molar-refractivity contribution in [3.8, 4) is 28.5 Å². The van der Waals surface area contributed by atoms with E-state index in [0.717, 1.165) is 24.1 Å². The molecule has 1 unspecified atom stereocenters. The van der Waals surface area contributed by atoms with Gasteiger partial charge in [0.1, 0.15) is 17.4 Å². The number of carbonyl (C=O) groups is 1. The monoisotopic (exact) mass is 441 g/mol. The van der Waals surface area contributed by atoms with E-state index in [9.17, 15) is 14.7 Å². The number of carboxylic acids is 1. The number of carboxylic acid groups (broad SMARTS) is 1. The summed E-state index contributed by atoms with van der Waals surface area (Å²) in [5.41, 5.74) is 1.47. The van der Waals surface area contributed by atoms with Gasteiger partial charge in [-0.05, 0) is 30.9 Å². The SMILES string of the molecule is COc1cc2c(cc1OCC1COC1)OC(C(C)C)c1cc(C(=O)O)c(=O)n(C3CC3)c1-2. The van der Waals surface area contributed by atoms with Crippen LogP contribution < -0.4 is 19.8 Å². The molecule has 32 heavy (non-hydrogen) atoms. The highest BCUT2D eigenvalue weighted by Gasteiger charge is 2.38. The van der Waals surface area contributed by atoms with Crippen molar-refractivity contribution in [2.45, 2.75) is 38.8 Å². The Kier molecular flexibility index (Phi) is 5.12. The van der Waals surface area contributed by atoms with Crippen LogP contribution in [-0.4, -0.2) is 42.6 Å². The number of fused-ring (bicyclic) bond motifs is 3. The standard InChI is InChI=1S/C24H27NO7/c1-12(2)22-16-6-17(24(27)28)23(26)25(14-4-5-14)21(16)15-7-19(29-3)20(8-18(15)32-22)31-11-13-9-30-10-13/h6-8,12-14,22H,4-5,9-11H2,1-3H3,(H,27,28). The summed E-state index contributed by atoms with van der Waals surface area (Å²) in [6.07, 6.45) is 1.31. The van der Waals surface area contributed by atoms with Gasteiger partial charge in [-0.25, -0.2) is 4.79 Å². The first-order chi connectivity index (χ1) is 15.4. The smallest absolute Gasteiger partial charge is 0.341 e. The van der Waals surface area contributed by atoms with Crippen LogP contribution in [0.1, 0.15) is 54.8 Å². The zero-order chi connectivity index (χ0) is 22.6. The van der Waals surface area contributed by atoms with Crippen LogP contribution in [0.2, 0.25) is 0 Å². The molecule has 2 aromatic rings. The van der Waals surface area contributed by atoms with Gasteiger partial charge >= 0.3 is 5.97 Å². The fourth-order valence-electron chi connectivity index (χ4n) is 4.37. The lowest BCUT2D eigenvalue weighted by atomic mass is 9.89. The minimum Gasteiger partial charge on any atom is -0.493 e. The second kappa shape index (κ2) is 7.85. The van der Waals surface area contributed by atoms with E-state index in [1.807, 2.05) is 26.0 Å². The number of nitrogens with zero attached hydrogens (tertiary/aromatic N) is 1. The number of hydrogen-bond acceptors (Lipinski definition) is 6. The number of ether oxygens (including phenoxy) is 4. The van der Waals surface area contributed by atoms with Gasteiger partial charge in [0.2, 0.25) is 0 Å². The number of pyridine rings is 1. The van der Waals surface area contributed by atoms with Crippen molar-refractivity contribution in [1.82, 2.24) is 4.57 Å². The van der Waals surface area contributed by atoms with Crippen molar-refractivity contribution >= 4 is 5.97 Å². The van der Waals surface area contributed by atoms with Crippen molar-refractivity contribution in [2.24, 2.45) is 11.8 Å². The topological polar surface area (TPSA) is 96.2 Å². The summed E-state index contributed by atoms with van der Waals surface area (Å²) in [6, 6.07) is 5.13. The minimum absolute atomic E-state index is 0.00477. The van der Waals surface area contributed by atoms with E-state index in [-0.39, 0.29) is 23.6 Å². The van der Waals surface area contributed by atoms with Crippen LogP contribution in [0.3, 0.4) is 0 Å². The van der Waals surface area contributed by atoms with Crippen LogP contribution >= 0.6 is 0 Å². The average Bonchev–Trinajstić information content (AvgIpc) is 3.55. The van der Waals surface area contributed by atoms with Crippen LogP contribution in [0, 0.1) is 11.8 Å². The van der Waals surface area contributed by atoms with Gasteiger partial charge < -0.3 is 28.6 Å². The predicted octanol–water partition coefficient (Wildman–Crippen LogP) is 3.67. The van der Waals surface area contributed by atoms with Gasteiger partial charge in [0, 0.05) is 29.2 Å². The molecule has 3 heterocycles. The highest BCUT2D eigenvalue weighted by Crippen LogP contribution is 2.51. The fourth-order valence-corrected chi connectivity index (χ4v) is 4.37. The Hall–Kier alpha value is -3.00. The summed E-state index contributed by atoms with van der Waals surface area (Å²) in [4.78, 5) is 25.0. The molecule has 1 aromatic carbocycles. The quantitative estimate of drug-likeness (QED) is 0.700. The predicted molar refractivity (Wildman–Crippen MR) is 116 cm³/mol. The maximum Gasteiger partial charge on any atom is 0.341 e. The molecule has 1 aliphatic carbocycles. The van der Waals surface area contributed by atoms with Gasteiger partial charge in [-0.1, -0.05) is 13.8 Å². The normalized spacial score (nSPS) is 19.6. The van der Waals surface area contributed by atoms with E-state index in [1.54, 1.807) is 11.7 Å². The Morgan fingerprint density at radius 2 is 1.97 bits per heavy atom. The summed E-state index contributed by atoms with van der Waals surface area (Å²) in [6.45, 7) is 5.93. The Bertz CT molecular complexity index is 1130. The van der Waals surface area contributed by atoms with Crippen LogP contribution in [0.5, 0.6) is 17.2 Å². The number of benzene rings is 1. The fraction of sp³-hybridized carbons (Fsp3) is 0.500. The molecule has 0 radical (unpaired) electrons. The summed E-state index contributed by atoms with van der Waals surface area (Å²) < 4.78 is 24.9. The molecule has 0 bridgehead atoms. The highest BCUT2D eigenvalue weighted by atomic mass is 16.5. The third-order valence-electron chi connectivity index (χ3n) is 6.27. The van der Waals surface area contributed by atoms with E-state index in [0.29, 0.717) is 48.6 Å². The lowest BCUT2D eigenvalue weighted by Crippen LogP contribution is -2.33. The number of rotatable bonds is 7. The second-order valence-corrected chi connectivity index (χ2v) is 9.07. The number of methoxy groups -OCH3 is 1. The molecule has 0 spiro atoms. The summed E-state index contributed by atoms with van der Waals surface area (Å²) in [5.74, 6) is 0.920. The first-order valence-electron chi connectivity index (χ1n) is 11.0. The van der Waals surface area contributed by atoms with Crippen LogP contribution in [-0.2, 0) is 4.74 Å². The van der Waals surface area contributed by atoms with E-state index in [2.05, 4.69) is 0 Å². The molecule has 8 heteroatoms. The highest BCUT2D eigenvalue weighted by molar-refractivity contribution is 5.89. The van der Waals surface area contributed by atoms with Gasteiger partial charge in [-0.3, -0.25) is 4.79 Å². The second-order valence-electron chi connectivity index (χ2n) is 9.07. The lowest BCUT2D eigenvalue weighted by Gasteiger charge is -2.34. The molecule has 2 aliphatic heterocycles. The zero-order valence-corrected chi connectivity index (χ0v) is 18.4. The summed E-state index contributed by atoms with van der Waals surface area (Å²) >= 11 is 0. The molecule has 1 atom stereocenters. The van der Waals surface area contributed by atoms with Gasteiger partial charge in [-0.2, -0.15) is 0 Å². The van der Waals surface area contributed by atoms with Crippen LogP contribution in [0.15, 0.2) is 23.0 Å². The van der Waals surface area contributed by atoms with Gasteiger partial charge in [0.05, 0.1) is 32.6 Å². The molecule has 1 aromatic heterocycles. The van der Waals surface area contributed by atoms with E-state index in [4.69, 9.17) is 18.9 Å². The van der Waals surface area contributed by atoms with Crippen molar-refractivity contribution in [3.05, 3.63) is 39.7 Å². The Labute approximate surface area is 185 Å². The maximum atomic E-state index is 13.2. The van der Waals surface area contributed by atoms with Crippen LogP contribution in [0.4, 0.5) is 0 Å². The zero-order valence-electron chi connectivity index (χ0n) is 18.4. The Morgan fingerprint density at radius 1 is 1.22 bits per heavy atom. The van der Waals surface area contributed by atoms with Crippen molar-refractivity contribution in [2.75, 3.05) is 26.9 Å². The number of aromatic nitrogens is 1. The number of hydrogen-bond donors (Lipinski definition) is 1. The molecule has 1 saturated heterocycles. The third kappa shape index (κ3) is 3.43. The van der Waals surface area contributed by atoms with E-state index in [1.165, 1.54) is 6.07 Å². The molecular formula is C24H27NO7. The van der Waals surface area contributed by atoms with Crippen LogP contribution in [0.25, 0.3) is 11.3 Å². The molecule has 8 nitrogen and oxygen atoms in total. The van der Waals surface area contributed by atoms with Gasteiger partial charge in [0.25, 0.3) is 5.56 Å². The van der Waals surface area contributed by atoms with E-state index < -0.39 is 11.5 Å². The molecular weight excluding hydrogens is 414 g/mol. The molecule has 5 rings (SSSR count). The largest absolute Gasteiger partial charge is 0.493 e. The van der Waals surface area contributed by atoms with Gasteiger partial charge in [-0.15, -0.1) is 0 Å². The van der Waals surface area contributed by atoms with Crippen molar-refractivity contribution in [1.29, 1.82) is 0 Å². The van der Waals surface area contributed by atoms with Crippen molar-refractivity contribution < 1.29 is 28.8 Å². The Morgan fingerprint density at radius 3 is 2.53 bits per heavy atom. The first-order valence-corrected chi connectivity index (χ1v) is 11.0. The summed E-state index contributed by atoms with van der Waals surface area (Å²) in [5, 5.41) is 9.66. The molecule has 0 amide bonds. The average molecular weight is 441 g/mol. The first kappa shape index (κ1) is 20.9. The van der Waals surface area contributed by atoms with Crippen molar-refractivity contribution in [3.63, 3.8) is 0 Å². The van der Waals surface area contributed by atoms with Gasteiger partial charge in [0.15, 0.2) is 11.5 Å².